The van der Waals surface area contributed by atoms with Crippen LogP contribution >= 0.6 is 0 Å². The molecule has 6 nitrogen and oxygen atoms in total. The summed E-state index contributed by atoms with van der Waals surface area (Å²) in [6.45, 7) is 6.04. The summed E-state index contributed by atoms with van der Waals surface area (Å²) in [5, 5.41) is 5.36. The number of carbonyl (C=O) groups excluding carboxylic acids is 2. The fourth-order valence-electron chi connectivity index (χ4n) is 2.35. The van der Waals surface area contributed by atoms with E-state index in [1.165, 1.54) is 0 Å². The van der Waals surface area contributed by atoms with E-state index in [0.29, 0.717) is 5.69 Å². The lowest BCUT2D eigenvalue weighted by Crippen LogP contribution is -2.47. The number of hydrogen-bond acceptors (Lipinski definition) is 4. The third-order valence-electron chi connectivity index (χ3n) is 3.86. The molecule has 0 bridgehead atoms. The van der Waals surface area contributed by atoms with Crippen molar-refractivity contribution < 1.29 is 19.1 Å². The molecule has 0 heterocycles. The van der Waals surface area contributed by atoms with Gasteiger partial charge in [-0.25, -0.2) is 9.59 Å². The maximum atomic E-state index is 12.3. The van der Waals surface area contributed by atoms with Gasteiger partial charge in [-0.2, -0.15) is 0 Å². The molecule has 0 fully saturated rings. The van der Waals surface area contributed by atoms with E-state index in [4.69, 9.17) is 9.47 Å². The van der Waals surface area contributed by atoms with E-state index in [2.05, 4.69) is 10.6 Å². The highest BCUT2D eigenvalue weighted by atomic mass is 16.6. The zero-order chi connectivity index (χ0) is 19.6. The Morgan fingerprint density at radius 3 is 2.26 bits per heavy atom. The summed E-state index contributed by atoms with van der Waals surface area (Å²) in [4.78, 5) is 24.4. The minimum absolute atomic E-state index is 0.109. The molecule has 0 aliphatic carbocycles. The Balaban J connectivity index is 1.78. The normalized spacial score (nSPS) is 11.6. The lowest BCUT2D eigenvalue weighted by Gasteiger charge is -2.21. The SMILES string of the molecule is Cc1ccc(OCCOC(=O)[C@@H](NC(=O)Nc2ccccc2)C(C)C)cc1. The zero-order valence-electron chi connectivity index (χ0n) is 15.9. The molecule has 0 aliphatic heterocycles. The molecule has 2 aromatic carbocycles. The smallest absolute Gasteiger partial charge is 0.329 e. The Bertz CT molecular complexity index is 730. The molecule has 2 amide bonds. The van der Waals surface area contributed by atoms with Crippen LogP contribution in [0.5, 0.6) is 5.75 Å². The molecule has 144 valence electrons. The molecule has 2 aromatic rings. The molecule has 0 radical (unpaired) electrons. The summed E-state index contributed by atoms with van der Waals surface area (Å²) < 4.78 is 10.8. The Kier molecular flexibility index (Phi) is 7.67. The summed E-state index contributed by atoms with van der Waals surface area (Å²) in [5.41, 5.74) is 1.80. The number of anilines is 1. The minimum atomic E-state index is -0.743. The average Bonchev–Trinajstić information content (AvgIpc) is 2.65. The molecular formula is C21H26N2O4. The minimum Gasteiger partial charge on any atom is -0.490 e. The van der Waals surface area contributed by atoms with E-state index in [9.17, 15) is 9.59 Å². The second kappa shape index (κ2) is 10.2. The number of hydrogen-bond donors (Lipinski definition) is 2. The van der Waals surface area contributed by atoms with Crippen LogP contribution in [-0.4, -0.2) is 31.3 Å². The molecule has 0 saturated heterocycles. The van der Waals surface area contributed by atoms with Crippen LogP contribution in [0.15, 0.2) is 54.6 Å². The summed E-state index contributed by atoms with van der Waals surface area (Å²) in [6.07, 6.45) is 0. The monoisotopic (exact) mass is 370 g/mol. The van der Waals surface area contributed by atoms with Gasteiger partial charge in [0.15, 0.2) is 0 Å². The molecule has 0 aromatic heterocycles. The number of aryl methyl sites for hydroxylation is 1. The van der Waals surface area contributed by atoms with Gasteiger partial charge < -0.3 is 20.1 Å². The van der Waals surface area contributed by atoms with E-state index < -0.39 is 18.0 Å². The van der Waals surface area contributed by atoms with Gasteiger partial charge in [0.1, 0.15) is 25.0 Å². The molecule has 0 saturated carbocycles. The predicted octanol–water partition coefficient (Wildman–Crippen LogP) is 3.76. The van der Waals surface area contributed by atoms with Gasteiger partial charge in [-0.1, -0.05) is 49.7 Å². The number of urea groups is 1. The number of amides is 2. The average molecular weight is 370 g/mol. The fourth-order valence-corrected chi connectivity index (χ4v) is 2.35. The highest BCUT2D eigenvalue weighted by Crippen LogP contribution is 2.11. The van der Waals surface area contributed by atoms with Crippen molar-refractivity contribution in [1.82, 2.24) is 5.32 Å². The molecule has 1 atom stereocenters. The van der Waals surface area contributed by atoms with E-state index in [0.717, 1.165) is 11.3 Å². The summed E-state index contributed by atoms with van der Waals surface area (Å²) in [7, 11) is 0. The second-order valence-electron chi connectivity index (χ2n) is 6.52. The van der Waals surface area contributed by atoms with E-state index >= 15 is 0 Å². The van der Waals surface area contributed by atoms with Gasteiger partial charge in [-0.15, -0.1) is 0 Å². The summed E-state index contributed by atoms with van der Waals surface area (Å²) in [5.74, 6) is 0.121. The van der Waals surface area contributed by atoms with Crippen molar-refractivity contribution in [1.29, 1.82) is 0 Å². The van der Waals surface area contributed by atoms with Crippen molar-refractivity contribution in [2.24, 2.45) is 5.92 Å². The van der Waals surface area contributed by atoms with Crippen LogP contribution in [0.4, 0.5) is 10.5 Å². The molecule has 27 heavy (non-hydrogen) atoms. The van der Waals surface area contributed by atoms with Crippen LogP contribution in [-0.2, 0) is 9.53 Å². The van der Waals surface area contributed by atoms with Gasteiger partial charge in [-0.3, -0.25) is 0 Å². The molecule has 0 spiro atoms. The largest absolute Gasteiger partial charge is 0.490 e. The lowest BCUT2D eigenvalue weighted by atomic mass is 10.1. The van der Waals surface area contributed by atoms with Gasteiger partial charge >= 0.3 is 12.0 Å². The van der Waals surface area contributed by atoms with Crippen LogP contribution in [0.2, 0.25) is 0 Å². The van der Waals surface area contributed by atoms with E-state index in [-0.39, 0.29) is 19.1 Å². The number of para-hydroxylation sites is 1. The fraction of sp³-hybridized carbons (Fsp3) is 0.333. The lowest BCUT2D eigenvalue weighted by molar-refractivity contribution is -0.147. The molecule has 2 N–H and O–H groups in total. The van der Waals surface area contributed by atoms with Crippen molar-refractivity contribution >= 4 is 17.7 Å². The first-order valence-corrected chi connectivity index (χ1v) is 8.94. The first-order valence-electron chi connectivity index (χ1n) is 8.94. The summed E-state index contributed by atoms with van der Waals surface area (Å²) in [6, 6.07) is 15.5. The maximum Gasteiger partial charge on any atom is 0.329 e. The van der Waals surface area contributed by atoms with E-state index in [1.807, 2.05) is 63.2 Å². The predicted molar refractivity (Wildman–Crippen MR) is 105 cm³/mol. The number of benzene rings is 2. The van der Waals surface area contributed by atoms with Crippen LogP contribution in [0.3, 0.4) is 0 Å². The topological polar surface area (TPSA) is 76.7 Å². The highest BCUT2D eigenvalue weighted by Gasteiger charge is 2.25. The quantitative estimate of drug-likeness (QED) is 0.548. The number of carbonyl (C=O) groups is 2. The van der Waals surface area contributed by atoms with Gasteiger partial charge in [0.2, 0.25) is 0 Å². The first kappa shape index (κ1) is 20.3. The molecule has 6 heteroatoms. The second-order valence-corrected chi connectivity index (χ2v) is 6.52. The molecule has 0 aliphatic rings. The highest BCUT2D eigenvalue weighted by molar-refractivity contribution is 5.92. The Morgan fingerprint density at radius 2 is 1.63 bits per heavy atom. The van der Waals surface area contributed by atoms with Crippen LogP contribution in [0, 0.1) is 12.8 Å². The number of ether oxygens (including phenoxy) is 2. The molecular weight excluding hydrogens is 344 g/mol. The van der Waals surface area contributed by atoms with Crippen LogP contribution < -0.4 is 15.4 Å². The van der Waals surface area contributed by atoms with Crippen molar-refractivity contribution in [2.45, 2.75) is 26.8 Å². The summed E-state index contributed by atoms with van der Waals surface area (Å²) >= 11 is 0. The van der Waals surface area contributed by atoms with Crippen molar-refractivity contribution in [3.05, 3.63) is 60.2 Å². The maximum absolute atomic E-state index is 12.3. The third-order valence-corrected chi connectivity index (χ3v) is 3.86. The Hall–Kier alpha value is -3.02. The van der Waals surface area contributed by atoms with Crippen molar-refractivity contribution in [3.63, 3.8) is 0 Å². The van der Waals surface area contributed by atoms with Crippen LogP contribution in [0.1, 0.15) is 19.4 Å². The standard InChI is InChI=1S/C21H26N2O4/c1-15(2)19(23-21(25)22-17-7-5-4-6-8-17)20(24)27-14-13-26-18-11-9-16(3)10-12-18/h4-12,15,19H,13-14H2,1-3H3,(H2,22,23,25)/t19-/m0/s1. The number of esters is 1. The van der Waals surface area contributed by atoms with Crippen molar-refractivity contribution in [3.8, 4) is 5.75 Å². The van der Waals surface area contributed by atoms with E-state index in [1.54, 1.807) is 12.1 Å². The van der Waals surface area contributed by atoms with Gasteiger partial charge in [0, 0.05) is 5.69 Å². The number of nitrogens with one attached hydrogen (secondary N) is 2. The van der Waals surface area contributed by atoms with Gasteiger partial charge in [0.05, 0.1) is 0 Å². The van der Waals surface area contributed by atoms with Crippen LogP contribution in [0.25, 0.3) is 0 Å². The van der Waals surface area contributed by atoms with Crippen molar-refractivity contribution in [2.75, 3.05) is 18.5 Å². The zero-order valence-corrected chi connectivity index (χ0v) is 15.9. The number of rotatable bonds is 8. The van der Waals surface area contributed by atoms with Gasteiger partial charge in [0.25, 0.3) is 0 Å². The Morgan fingerprint density at radius 1 is 0.963 bits per heavy atom. The third kappa shape index (κ3) is 7.01. The molecule has 0 unspecified atom stereocenters. The molecule has 2 rings (SSSR count). The Labute approximate surface area is 159 Å². The first-order chi connectivity index (χ1) is 13.0. The van der Waals surface area contributed by atoms with Gasteiger partial charge in [-0.05, 0) is 37.1 Å².